The normalized spacial score (nSPS) is 15.0. The van der Waals surface area contributed by atoms with Gasteiger partial charge in [0, 0.05) is 12.6 Å². The predicted octanol–water partition coefficient (Wildman–Crippen LogP) is 4.53. The van der Waals surface area contributed by atoms with Crippen molar-refractivity contribution in [3.63, 3.8) is 0 Å². The molecular formula is C18H21NO2S2. The van der Waals surface area contributed by atoms with E-state index in [9.17, 15) is 9.59 Å². The molecule has 0 N–H and O–H groups in total. The van der Waals surface area contributed by atoms with E-state index in [4.69, 9.17) is 0 Å². The molecule has 1 fully saturated rings. The van der Waals surface area contributed by atoms with Crippen LogP contribution in [0.3, 0.4) is 0 Å². The quantitative estimate of drug-likeness (QED) is 0.720. The van der Waals surface area contributed by atoms with Crippen LogP contribution < -0.4 is 0 Å². The van der Waals surface area contributed by atoms with Gasteiger partial charge in [-0.1, -0.05) is 12.8 Å². The Bertz CT molecular complexity index is 669. The molecule has 2 aromatic rings. The molecule has 1 aliphatic carbocycles. The van der Waals surface area contributed by atoms with Crippen molar-refractivity contribution in [2.24, 2.45) is 0 Å². The molecule has 0 bridgehead atoms. The summed E-state index contributed by atoms with van der Waals surface area (Å²) in [4.78, 5) is 27.1. The number of hydrogen-bond acceptors (Lipinski definition) is 4. The highest BCUT2D eigenvalue weighted by Gasteiger charge is 2.27. The number of ketones is 1. The highest BCUT2D eigenvalue weighted by Crippen LogP contribution is 2.27. The van der Waals surface area contributed by atoms with E-state index in [1.54, 1.807) is 18.3 Å². The molecule has 0 radical (unpaired) electrons. The topological polar surface area (TPSA) is 37.4 Å². The average Bonchev–Trinajstić information content (AvgIpc) is 3.26. The molecule has 0 aromatic carbocycles. The van der Waals surface area contributed by atoms with Crippen molar-refractivity contribution < 1.29 is 9.59 Å². The first kappa shape index (κ1) is 16.4. The molecule has 5 heteroatoms. The Hall–Kier alpha value is -1.46. The smallest absolute Gasteiger partial charge is 0.227 e. The minimum atomic E-state index is 0.0691. The van der Waals surface area contributed by atoms with Gasteiger partial charge in [0.15, 0.2) is 5.78 Å². The van der Waals surface area contributed by atoms with Crippen LogP contribution in [-0.4, -0.2) is 22.6 Å². The Labute approximate surface area is 144 Å². The molecule has 0 aliphatic heterocycles. The minimum Gasteiger partial charge on any atom is -0.335 e. The van der Waals surface area contributed by atoms with Crippen molar-refractivity contribution >= 4 is 34.4 Å². The number of Topliss-reactive ketones (excluding diaryl/α,β-unsaturated/α-hetero) is 1. The molecule has 23 heavy (non-hydrogen) atoms. The van der Waals surface area contributed by atoms with Gasteiger partial charge in [0.05, 0.1) is 11.3 Å². The summed E-state index contributed by atoms with van der Waals surface area (Å²) in [6, 6.07) is 4.33. The standard InChI is InChI=1S/C18H21NO2S2/c1-13(20)17-8-15(12-23-17)9-18(21)19(16-4-2-3-5-16)10-14-6-7-22-11-14/h6-8,11-12,16H,2-5,9-10H2,1H3. The maximum Gasteiger partial charge on any atom is 0.227 e. The van der Waals surface area contributed by atoms with Gasteiger partial charge in [-0.3, -0.25) is 9.59 Å². The van der Waals surface area contributed by atoms with Crippen LogP contribution in [0.4, 0.5) is 0 Å². The Balaban J connectivity index is 1.72. The van der Waals surface area contributed by atoms with Gasteiger partial charge in [-0.2, -0.15) is 11.3 Å². The third kappa shape index (κ3) is 4.09. The lowest BCUT2D eigenvalue weighted by atomic mass is 10.1. The van der Waals surface area contributed by atoms with E-state index in [1.807, 2.05) is 11.4 Å². The van der Waals surface area contributed by atoms with Gasteiger partial charge in [-0.25, -0.2) is 0 Å². The second-order valence-electron chi connectivity index (χ2n) is 6.14. The molecule has 2 aromatic heterocycles. The number of amides is 1. The van der Waals surface area contributed by atoms with E-state index in [-0.39, 0.29) is 11.7 Å². The fourth-order valence-electron chi connectivity index (χ4n) is 3.15. The summed E-state index contributed by atoms with van der Waals surface area (Å²) in [5.74, 6) is 0.246. The highest BCUT2D eigenvalue weighted by atomic mass is 32.1. The summed E-state index contributed by atoms with van der Waals surface area (Å²) in [6.45, 7) is 2.27. The summed E-state index contributed by atoms with van der Waals surface area (Å²) in [7, 11) is 0. The van der Waals surface area contributed by atoms with Gasteiger partial charge >= 0.3 is 0 Å². The van der Waals surface area contributed by atoms with E-state index in [2.05, 4.69) is 21.7 Å². The van der Waals surface area contributed by atoms with Crippen LogP contribution in [-0.2, 0) is 17.8 Å². The zero-order valence-corrected chi connectivity index (χ0v) is 14.9. The number of carbonyl (C=O) groups excluding carboxylic acids is 2. The average molecular weight is 348 g/mol. The fraction of sp³-hybridized carbons (Fsp3) is 0.444. The van der Waals surface area contributed by atoms with E-state index < -0.39 is 0 Å². The van der Waals surface area contributed by atoms with Gasteiger partial charge in [-0.15, -0.1) is 11.3 Å². The van der Waals surface area contributed by atoms with E-state index in [0.717, 1.165) is 23.3 Å². The van der Waals surface area contributed by atoms with Crippen molar-refractivity contribution in [3.8, 4) is 0 Å². The number of rotatable bonds is 6. The lowest BCUT2D eigenvalue weighted by Gasteiger charge is -2.29. The fourth-order valence-corrected chi connectivity index (χ4v) is 4.62. The molecule has 2 heterocycles. The third-order valence-electron chi connectivity index (χ3n) is 4.37. The Morgan fingerprint density at radius 1 is 1.22 bits per heavy atom. The maximum absolute atomic E-state index is 12.9. The summed E-state index contributed by atoms with van der Waals surface area (Å²) >= 11 is 3.10. The first-order valence-electron chi connectivity index (χ1n) is 8.02. The number of nitrogens with zero attached hydrogens (tertiary/aromatic N) is 1. The van der Waals surface area contributed by atoms with Crippen molar-refractivity contribution in [2.75, 3.05) is 0 Å². The molecule has 3 nitrogen and oxygen atoms in total. The number of thiophene rings is 2. The molecule has 1 amide bonds. The van der Waals surface area contributed by atoms with Crippen LogP contribution in [0, 0.1) is 0 Å². The monoisotopic (exact) mass is 347 g/mol. The van der Waals surface area contributed by atoms with E-state index in [1.165, 1.54) is 29.7 Å². The molecule has 0 unspecified atom stereocenters. The molecule has 0 atom stereocenters. The number of hydrogen-bond donors (Lipinski definition) is 0. The van der Waals surface area contributed by atoms with Gasteiger partial charge in [-0.05, 0) is 59.2 Å². The van der Waals surface area contributed by atoms with Gasteiger partial charge in [0.25, 0.3) is 0 Å². The zero-order chi connectivity index (χ0) is 16.2. The predicted molar refractivity (Wildman–Crippen MR) is 95.2 cm³/mol. The largest absolute Gasteiger partial charge is 0.335 e. The van der Waals surface area contributed by atoms with Crippen LogP contribution in [0.1, 0.15) is 53.4 Å². The molecule has 1 saturated carbocycles. The maximum atomic E-state index is 12.9. The summed E-state index contributed by atoms with van der Waals surface area (Å²) in [5.41, 5.74) is 2.17. The second-order valence-corrected chi connectivity index (χ2v) is 7.83. The lowest BCUT2D eigenvalue weighted by molar-refractivity contribution is -0.133. The summed E-state index contributed by atoms with van der Waals surface area (Å²) in [6.07, 6.45) is 5.04. The Morgan fingerprint density at radius 2 is 2.00 bits per heavy atom. The molecular weight excluding hydrogens is 326 g/mol. The molecule has 0 saturated heterocycles. The van der Waals surface area contributed by atoms with Crippen molar-refractivity contribution in [3.05, 3.63) is 44.3 Å². The molecule has 1 aliphatic rings. The van der Waals surface area contributed by atoms with Crippen LogP contribution in [0.2, 0.25) is 0 Å². The van der Waals surface area contributed by atoms with Crippen LogP contribution >= 0.6 is 22.7 Å². The minimum absolute atomic E-state index is 0.0691. The van der Waals surface area contributed by atoms with Crippen LogP contribution in [0.15, 0.2) is 28.3 Å². The SMILES string of the molecule is CC(=O)c1cc(CC(=O)N(Cc2ccsc2)C2CCCC2)cs1. The molecule has 0 spiro atoms. The summed E-state index contributed by atoms with van der Waals surface area (Å²) < 4.78 is 0. The third-order valence-corrected chi connectivity index (χ3v) is 6.19. The van der Waals surface area contributed by atoms with E-state index in [0.29, 0.717) is 19.0 Å². The van der Waals surface area contributed by atoms with Crippen molar-refractivity contribution in [2.45, 2.75) is 51.6 Å². The van der Waals surface area contributed by atoms with Crippen LogP contribution in [0.25, 0.3) is 0 Å². The number of carbonyl (C=O) groups is 2. The highest BCUT2D eigenvalue weighted by molar-refractivity contribution is 7.12. The van der Waals surface area contributed by atoms with Crippen LogP contribution in [0.5, 0.6) is 0 Å². The first-order valence-corrected chi connectivity index (χ1v) is 9.84. The van der Waals surface area contributed by atoms with E-state index >= 15 is 0 Å². The lowest BCUT2D eigenvalue weighted by Crippen LogP contribution is -2.39. The second kappa shape index (κ2) is 7.41. The zero-order valence-electron chi connectivity index (χ0n) is 13.3. The van der Waals surface area contributed by atoms with Gasteiger partial charge < -0.3 is 4.90 Å². The molecule has 3 rings (SSSR count). The molecule has 122 valence electrons. The van der Waals surface area contributed by atoms with Gasteiger partial charge in [0.1, 0.15) is 0 Å². The Kier molecular flexibility index (Phi) is 5.28. The van der Waals surface area contributed by atoms with Crippen molar-refractivity contribution in [1.82, 2.24) is 4.90 Å². The summed E-state index contributed by atoms with van der Waals surface area (Å²) in [5, 5.41) is 6.12. The first-order chi connectivity index (χ1) is 11.1. The van der Waals surface area contributed by atoms with Crippen molar-refractivity contribution in [1.29, 1.82) is 0 Å². The Morgan fingerprint density at radius 3 is 2.61 bits per heavy atom. The van der Waals surface area contributed by atoms with Gasteiger partial charge in [0.2, 0.25) is 5.91 Å².